The quantitative estimate of drug-likeness (QED) is 0.0406. The molecule has 0 radical (unpaired) electrons. The number of nitrogens with zero attached hydrogens (tertiary/aromatic N) is 2. The molecule has 0 spiro atoms. The summed E-state index contributed by atoms with van der Waals surface area (Å²) in [5, 5.41) is 0. The van der Waals surface area contributed by atoms with Crippen molar-refractivity contribution in [2.45, 2.75) is 202 Å². The molecule has 59 heavy (non-hydrogen) atoms. The molecule has 6 nitrogen and oxygen atoms in total. The minimum absolute atomic E-state index is 0.0591. The molecule has 0 saturated heterocycles. The summed E-state index contributed by atoms with van der Waals surface area (Å²) in [7, 11) is 0. The first-order valence-corrected chi connectivity index (χ1v) is 24.1. The highest BCUT2D eigenvalue weighted by atomic mass is 16.5. The number of hydrogen-bond acceptors (Lipinski definition) is 6. The van der Waals surface area contributed by atoms with Crippen molar-refractivity contribution in [2.75, 3.05) is 36.1 Å². The lowest BCUT2D eigenvalue weighted by molar-refractivity contribution is -0.146. The van der Waals surface area contributed by atoms with Crippen LogP contribution in [0.1, 0.15) is 197 Å². The zero-order valence-electron chi connectivity index (χ0n) is 39.2. The average Bonchev–Trinajstić information content (AvgIpc) is 3.23. The minimum atomic E-state index is -0.371. The summed E-state index contributed by atoms with van der Waals surface area (Å²) in [6.45, 7) is 20.3. The van der Waals surface area contributed by atoms with Crippen LogP contribution in [0.25, 0.3) is 0 Å². The molecular formula is C53H86N2O4. The van der Waals surface area contributed by atoms with Crippen molar-refractivity contribution in [3.63, 3.8) is 0 Å². The number of ether oxygens (including phenoxy) is 2. The Hall–Kier alpha value is -3.12. The van der Waals surface area contributed by atoms with Crippen LogP contribution in [0.15, 0.2) is 60.7 Å². The summed E-state index contributed by atoms with van der Waals surface area (Å²) >= 11 is 0. The highest BCUT2D eigenvalue weighted by Gasteiger charge is 2.35. The number of carbonyl (C=O) groups excluding carboxylic acids is 2. The van der Waals surface area contributed by atoms with E-state index < -0.39 is 0 Å². The van der Waals surface area contributed by atoms with Crippen molar-refractivity contribution in [1.29, 1.82) is 0 Å². The predicted octanol–water partition coefficient (Wildman–Crippen LogP) is 15.4. The number of ketones is 1. The fourth-order valence-electron chi connectivity index (χ4n) is 8.27. The summed E-state index contributed by atoms with van der Waals surface area (Å²) < 4.78 is 11.7. The van der Waals surface area contributed by atoms with Crippen LogP contribution >= 0.6 is 0 Å². The molecule has 0 aromatic heterocycles. The fraction of sp³-hybridized carbons (Fsp3) is 0.698. The van der Waals surface area contributed by atoms with Crippen molar-refractivity contribution >= 4 is 34.5 Å². The summed E-state index contributed by atoms with van der Waals surface area (Å²) in [4.78, 5) is 30.5. The van der Waals surface area contributed by atoms with Gasteiger partial charge in [0.25, 0.3) is 0 Å². The van der Waals surface area contributed by atoms with Crippen LogP contribution in [0.4, 0.5) is 22.7 Å². The standard InChI is InChI=1S/C53H86N2O4/c1-9-52(7,10-2)49(56)43-51(5,6)44-50(57)58-41-33-25-21-17-13-15-19-23-31-39-54-45-35-27-29-37-47(45)55(48-38-30-28-36-46(48)54)40-32-24-20-16-14-18-22-26-34-42-59-53(8,11-3)12-4/h16,20,27-30,35-38H,9-15,17-19,21-26,31-34,39-44H2,1-8H3/b20-16-. The maximum atomic E-state index is 12.9. The van der Waals surface area contributed by atoms with Gasteiger partial charge in [0.2, 0.25) is 0 Å². The van der Waals surface area contributed by atoms with Crippen LogP contribution in [-0.2, 0) is 19.1 Å². The molecule has 6 heteroatoms. The summed E-state index contributed by atoms with van der Waals surface area (Å²) in [5.74, 6) is 0.0861. The molecule has 0 atom stereocenters. The van der Waals surface area contributed by atoms with Crippen LogP contribution in [0.2, 0.25) is 0 Å². The number of hydrogen-bond donors (Lipinski definition) is 0. The fourth-order valence-corrected chi connectivity index (χ4v) is 8.27. The molecule has 0 bridgehead atoms. The van der Waals surface area contributed by atoms with Gasteiger partial charge in [-0.1, -0.05) is 143 Å². The first-order valence-electron chi connectivity index (χ1n) is 24.1. The Morgan fingerprint density at radius 1 is 0.525 bits per heavy atom. The lowest BCUT2D eigenvalue weighted by Crippen LogP contribution is -2.32. The van der Waals surface area contributed by atoms with Gasteiger partial charge in [0.1, 0.15) is 5.78 Å². The van der Waals surface area contributed by atoms with Gasteiger partial charge in [-0.05, 0) is 107 Å². The second-order valence-electron chi connectivity index (χ2n) is 18.7. The molecule has 1 heterocycles. The van der Waals surface area contributed by atoms with Crippen LogP contribution in [0.5, 0.6) is 0 Å². The minimum Gasteiger partial charge on any atom is -0.466 e. The summed E-state index contributed by atoms with van der Waals surface area (Å²) in [6, 6.07) is 18.0. The summed E-state index contributed by atoms with van der Waals surface area (Å²) in [6.07, 6.45) is 28.5. The molecule has 1 aliphatic rings. The normalized spacial score (nSPS) is 13.2. The van der Waals surface area contributed by atoms with Crippen LogP contribution in [-0.4, -0.2) is 43.7 Å². The van der Waals surface area contributed by atoms with Crippen LogP contribution in [0.3, 0.4) is 0 Å². The molecule has 2 aromatic carbocycles. The van der Waals surface area contributed by atoms with E-state index in [4.69, 9.17) is 9.47 Å². The maximum Gasteiger partial charge on any atom is 0.306 e. The molecule has 0 amide bonds. The van der Waals surface area contributed by atoms with Gasteiger partial charge in [-0.25, -0.2) is 0 Å². The molecule has 0 aliphatic carbocycles. The second kappa shape index (κ2) is 27.0. The highest BCUT2D eigenvalue weighted by molar-refractivity contribution is 5.93. The third-order valence-corrected chi connectivity index (χ3v) is 13.3. The topological polar surface area (TPSA) is 59.1 Å². The zero-order chi connectivity index (χ0) is 43.0. The number of esters is 1. The molecule has 0 fully saturated rings. The first-order chi connectivity index (χ1) is 28.4. The Morgan fingerprint density at radius 2 is 0.949 bits per heavy atom. The molecule has 0 unspecified atom stereocenters. The van der Waals surface area contributed by atoms with Gasteiger partial charge in [-0.15, -0.1) is 0 Å². The lowest BCUT2D eigenvalue weighted by Gasteiger charge is -2.40. The predicted molar refractivity (Wildman–Crippen MR) is 253 cm³/mol. The van der Waals surface area contributed by atoms with E-state index in [2.05, 4.69) is 105 Å². The molecule has 3 rings (SSSR count). The van der Waals surface area contributed by atoms with Crippen LogP contribution < -0.4 is 9.80 Å². The van der Waals surface area contributed by atoms with Gasteiger partial charge >= 0.3 is 5.97 Å². The summed E-state index contributed by atoms with van der Waals surface area (Å²) in [5.41, 5.74) is 4.71. The number of unbranched alkanes of at least 4 members (excludes halogenated alkanes) is 13. The molecule has 2 aromatic rings. The van der Waals surface area contributed by atoms with E-state index in [1.807, 2.05) is 20.8 Å². The number of carbonyl (C=O) groups is 2. The van der Waals surface area contributed by atoms with Crippen molar-refractivity contribution in [3.05, 3.63) is 60.7 Å². The zero-order valence-corrected chi connectivity index (χ0v) is 39.2. The monoisotopic (exact) mass is 815 g/mol. The third-order valence-electron chi connectivity index (χ3n) is 13.3. The third kappa shape index (κ3) is 17.4. The van der Waals surface area contributed by atoms with Crippen molar-refractivity contribution in [2.24, 2.45) is 10.8 Å². The van der Waals surface area contributed by atoms with Crippen LogP contribution in [0, 0.1) is 10.8 Å². The number of anilines is 4. The SMILES string of the molecule is CCC(C)(CC)OCCCCCC/C=C\CCCN1c2ccccc2N(CCCCCCCCCCCOC(=O)CC(C)(C)CC(=O)C(C)(CC)CC)c2ccccc21. The second-order valence-corrected chi connectivity index (χ2v) is 18.7. The van der Waals surface area contributed by atoms with Gasteiger partial charge < -0.3 is 19.3 Å². The largest absolute Gasteiger partial charge is 0.466 e. The van der Waals surface area contributed by atoms with Gasteiger partial charge in [0.15, 0.2) is 0 Å². The number of benzene rings is 2. The van der Waals surface area contributed by atoms with Crippen molar-refractivity contribution in [1.82, 2.24) is 0 Å². The van der Waals surface area contributed by atoms with E-state index in [1.165, 1.54) is 99.8 Å². The molecular weight excluding hydrogens is 729 g/mol. The van der Waals surface area contributed by atoms with Gasteiger partial charge in [0.05, 0.1) is 41.4 Å². The number of allylic oxidation sites excluding steroid dienone is 2. The number of rotatable bonds is 33. The Labute approximate surface area is 362 Å². The molecule has 0 N–H and O–H groups in total. The highest BCUT2D eigenvalue weighted by Crippen LogP contribution is 2.48. The van der Waals surface area contributed by atoms with Gasteiger partial charge in [-0.2, -0.15) is 0 Å². The number of para-hydroxylation sites is 4. The first kappa shape index (κ1) is 50.2. The average molecular weight is 815 g/mol. The molecule has 0 saturated carbocycles. The Morgan fingerprint density at radius 3 is 1.44 bits per heavy atom. The molecule has 1 aliphatic heterocycles. The van der Waals surface area contributed by atoms with E-state index in [-0.39, 0.29) is 28.2 Å². The van der Waals surface area contributed by atoms with Gasteiger partial charge in [-0.3, -0.25) is 9.59 Å². The van der Waals surface area contributed by atoms with Crippen molar-refractivity contribution in [3.8, 4) is 0 Å². The smallest absolute Gasteiger partial charge is 0.306 e. The lowest BCUT2D eigenvalue weighted by atomic mass is 9.73. The number of fused-ring (bicyclic) bond motifs is 2. The number of Topliss-reactive ketones (excluding diaryl/α,β-unsaturated/α-hetero) is 1. The van der Waals surface area contributed by atoms with E-state index >= 15 is 0 Å². The molecule has 332 valence electrons. The van der Waals surface area contributed by atoms with E-state index in [0.29, 0.717) is 19.4 Å². The van der Waals surface area contributed by atoms with E-state index in [1.54, 1.807) is 0 Å². The van der Waals surface area contributed by atoms with E-state index in [0.717, 1.165) is 71.1 Å². The Bertz CT molecular complexity index is 1460. The Balaban J connectivity index is 1.28. The maximum absolute atomic E-state index is 12.9. The van der Waals surface area contributed by atoms with Crippen molar-refractivity contribution < 1.29 is 19.1 Å². The Kier molecular flexibility index (Phi) is 23.0. The van der Waals surface area contributed by atoms with Gasteiger partial charge in [0, 0.05) is 31.5 Å². The van der Waals surface area contributed by atoms with E-state index in [9.17, 15) is 9.59 Å².